The second-order valence-electron chi connectivity index (χ2n) is 5.39. The van der Waals surface area contributed by atoms with Crippen LogP contribution in [0.25, 0.3) is 0 Å². The lowest BCUT2D eigenvalue weighted by molar-refractivity contribution is -0.121. The van der Waals surface area contributed by atoms with Gasteiger partial charge in [0, 0.05) is 20.1 Å². The number of carbonyl (C=O) groups is 1. The number of hydrogen-bond acceptors (Lipinski definition) is 3. The molecule has 2 rings (SSSR count). The smallest absolute Gasteiger partial charge is 0.229 e. The number of nitrogens with one attached hydrogen (secondary N) is 2. The Morgan fingerprint density at radius 2 is 2.11 bits per heavy atom. The molecule has 104 valence electrons. The number of anilines is 2. The summed E-state index contributed by atoms with van der Waals surface area (Å²) < 4.78 is 0. The van der Waals surface area contributed by atoms with E-state index >= 15 is 0 Å². The van der Waals surface area contributed by atoms with E-state index in [4.69, 9.17) is 0 Å². The minimum Gasteiger partial charge on any atom is -0.376 e. The third-order valence-electron chi connectivity index (χ3n) is 3.74. The quantitative estimate of drug-likeness (QED) is 0.875. The number of para-hydroxylation sites is 2. The lowest BCUT2D eigenvalue weighted by atomic mass is 9.91. The summed E-state index contributed by atoms with van der Waals surface area (Å²) in [6.45, 7) is 3.10. The van der Waals surface area contributed by atoms with Gasteiger partial charge in [-0.25, -0.2) is 0 Å². The number of amides is 1. The van der Waals surface area contributed by atoms with Gasteiger partial charge in [-0.05, 0) is 38.4 Å². The summed E-state index contributed by atoms with van der Waals surface area (Å²) in [6, 6.07) is 8.15. The molecule has 1 aromatic rings. The minimum atomic E-state index is 0.0592. The molecule has 1 aliphatic rings. The first-order chi connectivity index (χ1) is 9.09. The van der Waals surface area contributed by atoms with Gasteiger partial charge in [0.1, 0.15) is 0 Å². The molecule has 4 heteroatoms. The first-order valence-electron chi connectivity index (χ1n) is 6.90. The maximum atomic E-state index is 12.4. The molecule has 1 aromatic carbocycles. The molecule has 1 saturated heterocycles. The summed E-state index contributed by atoms with van der Waals surface area (Å²) >= 11 is 0. The molecule has 2 atom stereocenters. The molecule has 0 aliphatic carbocycles. The van der Waals surface area contributed by atoms with Gasteiger partial charge in [0.05, 0.1) is 17.3 Å². The molecule has 0 bridgehead atoms. The molecule has 1 aliphatic heterocycles. The van der Waals surface area contributed by atoms with Crippen LogP contribution in [0.2, 0.25) is 0 Å². The van der Waals surface area contributed by atoms with Gasteiger partial charge in [0.2, 0.25) is 5.91 Å². The molecule has 0 aromatic heterocycles. The zero-order chi connectivity index (χ0) is 13.8. The number of hydrogen-bond donors (Lipinski definition) is 2. The highest BCUT2D eigenvalue weighted by Gasteiger charge is 2.27. The van der Waals surface area contributed by atoms with Gasteiger partial charge in [0.25, 0.3) is 0 Å². The topological polar surface area (TPSA) is 44.4 Å². The summed E-state index contributed by atoms with van der Waals surface area (Å²) in [5.41, 5.74) is 1.92. The van der Waals surface area contributed by atoms with Crippen LogP contribution >= 0.6 is 0 Å². The molecule has 1 fully saturated rings. The highest BCUT2D eigenvalue weighted by molar-refractivity contribution is 5.96. The fraction of sp³-hybridized carbons (Fsp3) is 0.533. The van der Waals surface area contributed by atoms with Crippen molar-refractivity contribution in [1.29, 1.82) is 0 Å². The molecule has 1 heterocycles. The molecular formula is C15H23N3O. The van der Waals surface area contributed by atoms with E-state index in [0.717, 1.165) is 30.8 Å². The maximum absolute atomic E-state index is 12.4. The van der Waals surface area contributed by atoms with Gasteiger partial charge in [-0.2, -0.15) is 0 Å². The predicted molar refractivity (Wildman–Crippen MR) is 79.6 cm³/mol. The molecular weight excluding hydrogens is 238 g/mol. The monoisotopic (exact) mass is 261 g/mol. The van der Waals surface area contributed by atoms with E-state index < -0.39 is 0 Å². The maximum Gasteiger partial charge on any atom is 0.229 e. The van der Waals surface area contributed by atoms with Crippen molar-refractivity contribution in [2.45, 2.75) is 25.8 Å². The van der Waals surface area contributed by atoms with Gasteiger partial charge >= 0.3 is 0 Å². The standard InChI is InChI=1S/C15H23N3O/c1-11-12(7-6-10-16-11)15(19)17-13-8-4-5-9-14(13)18(2)3/h4-5,8-9,11-12,16H,6-7,10H2,1-3H3,(H,17,19). The van der Waals surface area contributed by atoms with Crippen LogP contribution < -0.4 is 15.5 Å². The van der Waals surface area contributed by atoms with E-state index in [0.29, 0.717) is 0 Å². The van der Waals surface area contributed by atoms with Crippen molar-refractivity contribution in [1.82, 2.24) is 5.32 Å². The Labute approximate surface area is 115 Å². The van der Waals surface area contributed by atoms with Crippen molar-refractivity contribution in [3.05, 3.63) is 24.3 Å². The van der Waals surface area contributed by atoms with Crippen LogP contribution in [0, 0.1) is 5.92 Å². The Bertz CT molecular complexity index is 445. The Kier molecular flexibility index (Phi) is 4.43. The number of rotatable bonds is 3. The van der Waals surface area contributed by atoms with E-state index in [2.05, 4.69) is 17.6 Å². The van der Waals surface area contributed by atoms with E-state index in [1.54, 1.807) is 0 Å². The average molecular weight is 261 g/mol. The fourth-order valence-corrected chi connectivity index (χ4v) is 2.60. The van der Waals surface area contributed by atoms with Crippen LogP contribution in [-0.4, -0.2) is 32.6 Å². The summed E-state index contributed by atoms with van der Waals surface area (Å²) in [6.07, 6.45) is 2.03. The van der Waals surface area contributed by atoms with Crippen molar-refractivity contribution < 1.29 is 4.79 Å². The van der Waals surface area contributed by atoms with E-state index in [9.17, 15) is 4.79 Å². The van der Waals surface area contributed by atoms with Gasteiger partial charge in [-0.15, -0.1) is 0 Å². The summed E-state index contributed by atoms with van der Waals surface area (Å²) in [5.74, 6) is 0.179. The summed E-state index contributed by atoms with van der Waals surface area (Å²) in [5, 5.41) is 6.44. The summed E-state index contributed by atoms with van der Waals surface area (Å²) in [4.78, 5) is 14.4. The number of benzene rings is 1. The van der Waals surface area contributed by atoms with Gasteiger partial charge in [-0.3, -0.25) is 4.79 Å². The lowest BCUT2D eigenvalue weighted by Gasteiger charge is -2.29. The van der Waals surface area contributed by atoms with Crippen LogP contribution in [0.15, 0.2) is 24.3 Å². The number of carbonyl (C=O) groups excluding carboxylic acids is 1. The van der Waals surface area contributed by atoms with Crippen LogP contribution in [-0.2, 0) is 4.79 Å². The van der Waals surface area contributed by atoms with Gasteiger partial charge in [-0.1, -0.05) is 12.1 Å². The zero-order valence-corrected chi connectivity index (χ0v) is 11.9. The van der Waals surface area contributed by atoms with Crippen molar-refractivity contribution in [3.8, 4) is 0 Å². The molecule has 0 spiro atoms. The van der Waals surface area contributed by atoms with Crippen molar-refractivity contribution in [2.75, 3.05) is 30.9 Å². The molecule has 2 unspecified atom stereocenters. The van der Waals surface area contributed by atoms with E-state index in [-0.39, 0.29) is 17.9 Å². The fourth-order valence-electron chi connectivity index (χ4n) is 2.60. The van der Waals surface area contributed by atoms with Crippen LogP contribution in [0.3, 0.4) is 0 Å². The number of piperidine rings is 1. The molecule has 4 nitrogen and oxygen atoms in total. The second-order valence-corrected chi connectivity index (χ2v) is 5.39. The largest absolute Gasteiger partial charge is 0.376 e. The molecule has 1 amide bonds. The van der Waals surface area contributed by atoms with Gasteiger partial charge in [0.15, 0.2) is 0 Å². The summed E-state index contributed by atoms with van der Waals surface area (Å²) in [7, 11) is 3.96. The normalized spacial score (nSPS) is 22.9. The predicted octanol–water partition coefficient (Wildman–Crippen LogP) is 2.08. The van der Waals surface area contributed by atoms with Crippen LogP contribution in [0.4, 0.5) is 11.4 Å². The number of nitrogens with zero attached hydrogens (tertiary/aromatic N) is 1. The van der Waals surface area contributed by atoms with Gasteiger partial charge < -0.3 is 15.5 Å². The second kappa shape index (κ2) is 6.06. The average Bonchev–Trinajstić information content (AvgIpc) is 2.39. The Morgan fingerprint density at radius 1 is 1.37 bits per heavy atom. The zero-order valence-electron chi connectivity index (χ0n) is 11.9. The SMILES string of the molecule is CC1NCCCC1C(=O)Nc1ccccc1N(C)C. The first kappa shape index (κ1) is 13.9. The van der Waals surface area contributed by atoms with Crippen molar-refractivity contribution >= 4 is 17.3 Å². The van der Waals surface area contributed by atoms with Crippen molar-refractivity contribution in [3.63, 3.8) is 0 Å². The lowest BCUT2D eigenvalue weighted by Crippen LogP contribution is -2.44. The molecule has 0 saturated carbocycles. The third kappa shape index (κ3) is 3.26. The Morgan fingerprint density at radius 3 is 2.79 bits per heavy atom. The third-order valence-corrected chi connectivity index (χ3v) is 3.74. The van der Waals surface area contributed by atoms with Crippen LogP contribution in [0.1, 0.15) is 19.8 Å². The highest BCUT2D eigenvalue weighted by atomic mass is 16.1. The first-order valence-corrected chi connectivity index (χ1v) is 6.90. The highest BCUT2D eigenvalue weighted by Crippen LogP contribution is 2.25. The molecule has 0 radical (unpaired) electrons. The molecule has 19 heavy (non-hydrogen) atoms. The minimum absolute atomic E-state index is 0.0592. The Hall–Kier alpha value is -1.55. The molecule has 2 N–H and O–H groups in total. The van der Waals surface area contributed by atoms with Crippen LogP contribution in [0.5, 0.6) is 0 Å². The van der Waals surface area contributed by atoms with E-state index in [1.807, 2.05) is 43.3 Å². The van der Waals surface area contributed by atoms with E-state index in [1.165, 1.54) is 0 Å². The Balaban J connectivity index is 2.10. The van der Waals surface area contributed by atoms with Crippen molar-refractivity contribution in [2.24, 2.45) is 5.92 Å².